The molecule has 3 N–H and O–H groups in total. The number of halogens is 3. The van der Waals surface area contributed by atoms with E-state index >= 15 is 0 Å². The molecule has 1 aliphatic rings. The van der Waals surface area contributed by atoms with Crippen molar-refractivity contribution >= 4 is 23.3 Å². The first-order chi connectivity index (χ1) is 17.4. The maximum Gasteiger partial charge on any atom is 0.417 e. The number of carboxylic acids is 1. The number of hydrogen-bond donors (Lipinski definition) is 3. The van der Waals surface area contributed by atoms with Gasteiger partial charge in [-0.15, -0.1) is 0 Å². The molecule has 0 fully saturated rings. The first kappa shape index (κ1) is 25.8. The lowest BCUT2D eigenvalue weighted by Crippen LogP contribution is -2.46. The first-order valence-corrected chi connectivity index (χ1v) is 11.1. The Kier molecular flexibility index (Phi) is 6.74. The van der Waals surface area contributed by atoms with E-state index in [9.17, 15) is 37.8 Å². The molecule has 1 aromatic heterocycles. The van der Waals surface area contributed by atoms with Gasteiger partial charge in [0.2, 0.25) is 0 Å². The maximum absolute atomic E-state index is 13.6. The highest BCUT2D eigenvalue weighted by molar-refractivity contribution is 6.42. The molecule has 0 saturated heterocycles. The molecule has 8 nitrogen and oxygen atoms in total. The fraction of sp³-hybridized carbons (Fsp3) is 0.231. The van der Waals surface area contributed by atoms with E-state index in [1.54, 1.807) is 24.3 Å². The van der Waals surface area contributed by atoms with Crippen LogP contribution in [-0.4, -0.2) is 38.4 Å². The van der Waals surface area contributed by atoms with Crippen molar-refractivity contribution in [3.05, 3.63) is 87.3 Å². The van der Waals surface area contributed by atoms with E-state index in [2.05, 4.69) is 10.3 Å². The number of nitrogens with one attached hydrogen (secondary N) is 1. The average molecular weight is 513 g/mol. The van der Waals surface area contributed by atoms with Crippen molar-refractivity contribution in [3.8, 4) is 11.1 Å². The number of aliphatic hydroxyl groups excluding tert-OH is 1. The molecule has 0 bridgehead atoms. The van der Waals surface area contributed by atoms with E-state index in [4.69, 9.17) is 0 Å². The molecule has 3 aromatic rings. The number of carbonyl (C=O) groups is 2. The van der Waals surface area contributed by atoms with Crippen molar-refractivity contribution in [1.29, 1.82) is 0 Å². The van der Waals surface area contributed by atoms with E-state index in [0.717, 1.165) is 10.6 Å². The van der Waals surface area contributed by atoms with Gasteiger partial charge in [-0.25, -0.2) is 9.79 Å². The highest BCUT2D eigenvalue weighted by Gasteiger charge is 2.36. The van der Waals surface area contributed by atoms with Gasteiger partial charge in [0, 0.05) is 24.7 Å². The van der Waals surface area contributed by atoms with Crippen LogP contribution >= 0.6 is 0 Å². The number of alkyl halides is 3. The van der Waals surface area contributed by atoms with Crippen molar-refractivity contribution in [2.24, 2.45) is 12.0 Å². The minimum Gasteiger partial charge on any atom is -0.480 e. The van der Waals surface area contributed by atoms with Gasteiger partial charge in [-0.2, -0.15) is 13.2 Å². The highest BCUT2D eigenvalue weighted by atomic mass is 19.4. The summed E-state index contributed by atoms with van der Waals surface area (Å²) in [5.41, 5.74) is -1.22. The Morgan fingerprint density at radius 2 is 1.78 bits per heavy atom. The molecule has 37 heavy (non-hydrogen) atoms. The summed E-state index contributed by atoms with van der Waals surface area (Å²) in [6.45, 7) is 1.40. The normalized spacial score (nSPS) is 15.6. The monoisotopic (exact) mass is 513 g/mol. The molecule has 192 valence electrons. The third-order valence-corrected chi connectivity index (χ3v) is 6.23. The summed E-state index contributed by atoms with van der Waals surface area (Å²) in [4.78, 5) is 41.3. The van der Waals surface area contributed by atoms with Crippen LogP contribution in [0, 0.1) is 6.92 Å². The van der Waals surface area contributed by atoms with E-state index in [1.165, 1.54) is 38.2 Å². The molecule has 1 aliphatic heterocycles. The minimum absolute atomic E-state index is 0.0220. The van der Waals surface area contributed by atoms with Crippen LogP contribution in [0.2, 0.25) is 0 Å². The zero-order chi connectivity index (χ0) is 27.1. The van der Waals surface area contributed by atoms with Crippen molar-refractivity contribution in [1.82, 2.24) is 9.88 Å². The minimum atomic E-state index is -4.75. The van der Waals surface area contributed by atoms with Crippen molar-refractivity contribution in [2.45, 2.75) is 31.7 Å². The molecule has 4 rings (SSSR count). The SMILES string of the molecule is Cc1cc(C(F)(F)F)c(-c2ccc(C[C@H](NC(=O)C3=Nc4ccccc4C3O)C(=O)O)cc2)c(=O)n1C. The molecule has 11 heteroatoms. The van der Waals surface area contributed by atoms with Crippen LogP contribution in [0.15, 0.2) is 64.4 Å². The molecule has 1 unspecified atom stereocenters. The van der Waals surface area contributed by atoms with E-state index in [0.29, 0.717) is 16.8 Å². The molecule has 2 aromatic carbocycles. The summed E-state index contributed by atoms with van der Waals surface area (Å²) < 4.78 is 42.1. The molecule has 0 saturated carbocycles. The second-order valence-corrected chi connectivity index (χ2v) is 8.66. The molecule has 1 amide bonds. The van der Waals surface area contributed by atoms with E-state index in [1.807, 2.05) is 0 Å². The Labute approximate surface area is 208 Å². The number of aliphatic carboxylic acids is 1. The Bertz CT molecular complexity index is 1480. The van der Waals surface area contributed by atoms with Crippen molar-refractivity contribution in [3.63, 3.8) is 0 Å². The van der Waals surface area contributed by atoms with Gasteiger partial charge in [0.25, 0.3) is 11.5 Å². The number of nitrogens with zero attached hydrogens (tertiary/aromatic N) is 2. The topological polar surface area (TPSA) is 121 Å². The molecule has 0 aliphatic carbocycles. The number of amides is 1. The molecular formula is C26H22F3N3O5. The number of aliphatic imine (C=N–C) groups is 1. The lowest BCUT2D eigenvalue weighted by Gasteiger charge is -2.17. The van der Waals surface area contributed by atoms with Crippen LogP contribution in [0.5, 0.6) is 0 Å². The Balaban J connectivity index is 1.56. The lowest BCUT2D eigenvalue weighted by molar-refractivity contribution is -0.141. The van der Waals surface area contributed by atoms with Crippen LogP contribution in [0.25, 0.3) is 11.1 Å². The summed E-state index contributed by atoms with van der Waals surface area (Å²) in [5, 5.41) is 22.4. The van der Waals surface area contributed by atoms with E-state index < -0.39 is 46.9 Å². The Morgan fingerprint density at radius 3 is 2.38 bits per heavy atom. The second kappa shape index (κ2) is 9.66. The van der Waals surface area contributed by atoms with Gasteiger partial charge >= 0.3 is 12.1 Å². The van der Waals surface area contributed by atoms with Crippen LogP contribution in [0.1, 0.15) is 28.5 Å². The zero-order valence-electron chi connectivity index (χ0n) is 19.7. The molecule has 2 atom stereocenters. The van der Waals surface area contributed by atoms with Gasteiger partial charge < -0.3 is 20.1 Å². The number of pyridine rings is 1. The number of aryl methyl sites for hydroxylation is 1. The van der Waals surface area contributed by atoms with Gasteiger partial charge in [0.05, 0.1) is 16.8 Å². The molecule has 2 heterocycles. The predicted molar refractivity (Wildman–Crippen MR) is 129 cm³/mol. The summed E-state index contributed by atoms with van der Waals surface area (Å²) in [7, 11) is 1.37. The number of para-hydroxylation sites is 1. The van der Waals surface area contributed by atoms with Gasteiger partial charge in [0.15, 0.2) is 0 Å². The van der Waals surface area contributed by atoms with Gasteiger partial charge in [-0.3, -0.25) is 9.59 Å². The quantitative estimate of drug-likeness (QED) is 0.467. The van der Waals surface area contributed by atoms with Crippen molar-refractivity contribution < 1.29 is 33.0 Å². The van der Waals surface area contributed by atoms with Gasteiger partial charge in [-0.1, -0.05) is 42.5 Å². The number of fused-ring (bicyclic) bond motifs is 1. The first-order valence-electron chi connectivity index (χ1n) is 11.1. The third-order valence-electron chi connectivity index (χ3n) is 6.23. The number of aliphatic hydroxyl groups is 1. The average Bonchev–Trinajstić information content (AvgIpc) is 3.18. The van der Waals surface area contributed by atoms with Gasteiger partial charge in [0.1, 0.15) is 17.9 Å². The zero-order valence-corrected chi connectivity index (χ0v) is 19.7. The largest absolute Gasteiger partial charge is 0.480 e. The number of carbonyl (C=O) groups excluding carboxylic acids is 1. The lowest BCUT2D eigenvalue weighted by atomic mass is 9.97. The number of aromatic nitrogens is 1. The van der Waals surface area contributed by atoms with Crippen LogP contribution < -0.4 is 10.9 Å². The molecule has 0 spiro atoms. The third kappa shape index (κ3) is 5.03. The van der Waals surface area contributed by atoms with Crippen molar-refractivity contribution in [2.75, 3.05) is 0 Å². The highest BCUT2D eigenvalue weighted by Crippen LogP contribution is 2.36. The van der Waals surface area contributed by atoms with Crippen LogP contribution in [0.3, 0.4) is 0 Å². The predicted octanol–water partition coefficient (Wildman–Crippen LogP) is 3.31. The fourth-order valence-corrected chi connectivity index (χ4v) is 4.13. The Morgan fingerprint density at radius 1 is 1.14 bits per heavy atom. The fourth-order valence-electron chi connectivity index (χ4n) is 4.13. The summed E-state index contributed by atoms with van der Waals surface area (Å²) >= 11 is 0. The number of hydrogen-bond acceptors (Lipinski definition) is 5. The number of carboxylic acid groups (broad SMARTS) is 1. The second-order valence-electron chi connectivity index (χ2n) is 8.66. The standard InChI is InChI=1S/C26H22F3N3O5/c1-13-11-17(26(27,28)29)20(24(35)32(13)2)15-9-7-14(8-10-15)12-19(25(36)37)31-23(34)21-22(33)16-5-3-4-6-18(16)30-21/h3-11,19,22,33H,12H2,1-2H3,(H,31,34)(H,36,37)/t19-,22?/m0/s1. The van der Waals surface area contributed by atoms with Gasteiger partial charge in [-0.05, 0) is 30.2 Å². The van der Waals surface area contributed by atoms with Crippen LogP contribution in [-0.2, 0) is 29.2 Å². The van der Waals surface area contributed by atoms with E-state index in [-0.39, 0.29) is 23.4 Å². The Hall–Kier alpha value is -4.25. The smallest absolute Gasteiger partial charge is 0.417 e. The van der Waals surface area contributed by atoms with Crippen LogP contribution in [0.4, 0.5) is 18.9 Å². The molecule has 0 radical (unpaired) electrons. The number of rotatable bonds is 6. The summed E-state index contributed by atoms with van der Waals surface area (Å²) in [6, 6.07) is 11.5. The molecular weight excluding hydrogens is 491 g/mol. The number of benzene rings is 2. The summed E-state index contributed by atoms with van der Waals surface area (Å²) in [6.07, 6.45) is -6.25. The summed E-state index contributed by atoms with van der Waals surface area (Å²) in [5.74, 6) is -2.21. The maximum atomic E-state index is 13.6.